The van der Waals surface area contributed by atoms with E-state index in [-0.39, 0.29) is 29.7 Å². The van der Waals surface area contributed by atoms with E-state index in [2.05, 4.69) is 4.98 Å². The second-order valence-electron chi connectivity index (χ2n) is 9.03. The number of nitrogens with zero attached hydrogens (tertiary/aromatic N) is 1. The second kappa shape index (κ2) is 10.6. The predicted molar refractivity (Wildman–Crippen MR) is 136 cm³/mol. The number of hydrogen-bond acceptors (Lipinski definition) is 6. The third kappa shape index (κ3) is 5.22. The molecular weight excluding hydrogens is 458 g/mol. The van der Waals surface area contributed by atoms with E-state index in [1.807, 2.05) is 12.1 Å². The monoisotopic (exact) mass is 487 g/mol. The number of rotatable bonds is 7. The van der Waals surface area contributed by atoms with Gasteiger partial charge in [0.15, 0.2) is 0 Å². The molecule has 8 nitrogen and oxygen atoms in total. The first kappa shape index (κ1) is 24.9. The van der Waals surface area contributed by atoms with Gasteiger partial charge in [-0.2, -0.15) is 0 Å². The Labute approximate surface area is 209 Å². The van der Waals surface area contributed by atoms with Gasteiger partial charge in [-0.05, 0) is 84.8 Å². The minimum atomic E-state index is -0.658. The van der Waals surface area contributed by atoms with Crippen molar-refractivity contribution in [3.8, 4) is 16.9 Å². The van der Waals surface area contributed by atoms with Crippen LogP contribution >= 0.6 is 0 Å². The molecule has 1 aliphatic rings. The zero-order valence-electron chi connectivity index (χ0n) is 20.3. The number of aromatic amines is 1. The zero-order chi connectivity index (χ0) is 25.8. The van der Waals surface area contributed by atoms with Crippen LogP contribution in [-0.4, -0.2) is 52.3 Å². The van der Waals surface area contributed by atoms with Crippen molar-refractivity contribution in [2.75, 3.05) is 13.7 Å². The van der Waals surface area contributed by atoms with Crippen molar-refractivity contribution in [3.63, 3.8) is 0 Å². The van der Waals surface area contributed by atoms with Crippen molar-refractivity contribution in [2.24, 2.45) is 5.92 Å². The molecule has 186 valence electrons. The molecule has 1 aliphatic heterocycles. The summed E-state index contributed by atoms with van der Waals surface area (Å²) < 4.78 is 5.10. The van der Waals surface area contributed by atoms with E-state index < -0.39 is 11.9 Å². The van der Waals surface area contributed by atoms with E-state index in [1.165, 1.54) is 19.2 Å². The predicted octanol–water partition coefficient (Wildman–Crippen LogP) is 3.77. The first-order valence-electron chi connectivity index (χ1n) is 11.8. The minimum absolute atomic E-state index is 0.0441. The van der Waals surface area contributed by atoms with Crippen molar-refractivity contribution in [3.05, 3.63) is 87.8 Å². The second-order valence-corrected chi connectivity index (χ2v) is 9.03. The molecule has 3 N–H and O–H groups in total. The van der Waals surface area contributed by atoms with Crippen LogP contribution in [0.5, 0.6) is 5.75 Å². The van der Waals surface area contributed by atoms with Crippen LogP contribution in [0.4, 0.5) is 0 Å². The lowest BCUT2D eigenvalue weighted by Crippen LogP contribution is -2.44. The molecule has 0 bridgehead atoms. The lowest BCUT2D eigenvalue weighted by Gasteiger charge is -2.30. The van der Waals surface area contributed by atoms with Crippen LogP contribution in [0.2, 0.25) is 0 Å². The van der Waals surface area contributed by atoms with Crippen molar-refractivity contribution in [1.82, 2.24) is 9.88 Å². The summed E-state index contributed by atoms with van der Waals surface area (Å²) in [5.74, 6) is -1.23. The first-order chi connectivity index (χ1) is 17.3. The van der Waals surface area contributed by atoms with Crippen molar-refractivity contribution < 1.29 is 19.4 Å². The summed E-state index contributed by atoms with van der Waals surface area (Å²) in [5.41, 5.74) is 3.58. The smallest absolute Gasteiger partial charge is 0.311 e. The summed E-state index contributed by atoms with van der Waals surface area (Å²) in [4.78, 5) is 42.0. The number of carbonyl (C=O) groups excluding carboxylic acids is 2. The Balaban J connectivity index is 1.58. The van der Waals surface area contributed by atoms with Gasteiger partial charge in [0.25, 0.3) is 5.91 Å². The number of benzene rings is 2. The largest absolute Gasteiger partial charge is 0.508 e. The molecule has 4 rings (SSSR count). The first-order valence-corrected chi connectivity index (χ1v) is 11.8. The van der Waals surface area contributed by atoms with Gasteiger partial charge in [-0.1, -0.05) is 12.1 Å². The highest BCUT2D eigenvalue weighted by Crippen LogP contribution is 2.32. The van der Waals surface area contributed by atoms with E-state index in [0.717, 1.165) is 17.5 Å². The highest BCUT2D eigenvalue weighted by Gasteiger charge is 2.39. The van der Waals surface area contributed by atoms with Gasteiger partial charge < -0.3 is 25.1 Å². The van der Waals surface area contributed by atoms with Crippen molar-refractivity contribution in [2.45, 2.75) is 32.2 Å². The van der Waals surface area contributed by atoms with Gasteiger partial charge in [-0.3, -0.25) is 14.4 Å². The summed E-state index contributed by atoms with van der Waals surface area (Å²) >= 11 is 0. The molecule has 1 aromatic heterocycles. The van der Waals surface area contributed by atoms with E-state index in [1.54, 1.807) is 48.4 Å². The molecule has 1 fully saturated rings. The van der Waals surface area contributed by atoms with Crippen LogP contribution < -0.4 is 5.56 Å². The summed E-state index contributed by atoms with van der Waals surface area (Å²) in [6, 6.07) is 14.8. The van der Waals surface area contributed by atoms with E-state index >= 15 is 0 Å². The normalized spacial score (nSPS) is 15.9. The Kier molecular flexibility index (Phi) is 7.33. The van der Waals surface area contributed by atoms with Gasteiger partial charge in [-0.25, -0.2) is 0 Å². The van der Waals surface area contributed by atoms with Gasteiger partial charge in [0.05, 0.1) is 13.0 Å². The number of phenolic OH excluding ortho intramolecular Hbond substituents is 1. The van der Waals surface area contributed by atoms with Gasteiger partial charge in [0.1, 0.15) is 5.75 Å². The molecule has 0 spiro atoms. The molecule has 2 aromatic carbocycles. The van der Waals surface area contributed by atoms with Gasteiger partial charge in [-0.15, -0.1) is 0 Å². The number of methoxy groups -OCH3 is 1. The highest BCUT2D eigenvalue weighted by atomic mass is 16.5. The molecule has 0 radical (unpaired) electrons. The quantitative estimate of drug-likeness (QED) is 0.346. The van der Waals surface area contributed by atoms with Gasteiger partial charge in [0, 0.05) is 36.1 Å². The Morgan fingerprint density at radius 3 is 2.44 bits per heavy atom. The minimum Gasteiger partial charge on any atom is -0.508 e. The average Bonchev–Trinajstić information content (AvgIpc) is 3.37. The number of nitrogens with one attached hydrogen (secondary N) is 2. The number of ether oxygens (including phenoxy) is 1. The fourth-order valence-corrected chi connectivity index (χ4v) is 4.77. The lowest BCUT2D eigenvalue weighted by atomic mass is 9.89. The Morgan fingerprint density at radius 1 is 1.11 bits per heavy atom. The van der Waals surface area contributed by atoms with Crippen LogP contribution in [0, 0.1) is 11.3 Å². The fraction of sp³-hybridized carbons (Fsp3) is 0.286. The number of phenols is 1. The number of aromatic nitrogens is 1. The Hall–Kier alpha value is -4.20. The molecule has 0 aliphatic carbocycles. The van der Waals surface area contributed by atoms with Gasteiger partial charge in [0.2, 0.25) is 5.56 Å². The molecule has 2 heterocycles. The number of aromatic hydroxyl groups is 1. The Morgan fingerprint density at radius 2 is 1.81 bits per heavy atom. The summed E-state index contributed by atoms with van der Waals surface area (Å²) in [5, 5.41) is 18.3. The number of likely N-dealkylation sites (tertiary alicyclic amines) is 1. The van der Waals surface area contributed by atoms with Gasteiger partial charge >= 0.3 is 5.97 Å². The van der Waals surface area contributed by atoms with E-state index in [4.69, 9.17) is 10.1 Å². The standard InChI is InChI=1S/C28H29N3O5/c1-17(29)20-9-11-25(32)22(14-20)15-23(28(35)36-2)24-4-3-13-31(24)27(34)19-7-5-18(6-8-19)21-10-12-26(33)30-16-21/h5-12,14,16,23-24,29,32H,3-4,13,15H2,1-2H3,(H,30,33). The molecule has 2 unspecified atom stereocenters. The van der Waals surface area contributed by atoms with Crippen molar-refractivity contribution in [1.29, 1.82) is 5.41 Å². The molecule has 0 saturated carbocycles. The maximum absolute atomic E-state index is 13.5. The van der Waals surface area contributed by atoms with Crippen LogP contribution in [0.3, 0.4) is 0 Å². The third-order valence-electron chi connectivity index (χ3n) is 6.73. The topological polar surface area (TPSA) is 124 Å². The molecular formula is C28H29N3O5. The molecule has 8 heteroatoms. The third-order valence-corrected chi connectivity index (χ3v) is 6.73. The van der Waals surface area contributed by atoms with Crippen LogP contribution in [0.15, 0.2) is 65.6 Å². The van der Waals surface area contributed by atoms with Crippen LogP contribution in [0.1, 0.15) is 41.3 Å². The maximum atomic E-state index is 13.5. The molecule has 36 heavy (non-hydrogen) atoms. The van der Waals surface area contributed by atoms with E-state index in [9.17, 15) is 19.5 Å². The number of esters is 1. The number of hydrogen-bond donors (Lipinski definition) is 3. The summed E-state index contributed by atoms with van der Waals surface area (Å²) in [7, 11) is 1.32. The highest BCUT2D eigenvalue weighted by molar-refractivity contribution is 5.97. The van der Waals surface area contributed by atoms with Crippen LogP contribution in [-0.2, 0) is 16.0 Å². The number of carbonyl (C=O) groups is 2. The average molecular weight is 488 g/mol. The molecule has 3 aromatic rings. The van der Waals surface area contributed by atoms with Crippen LogP contribution in [0.25, 0.3) is 11.1 Å². The SMILES string of the molecule is COC(=O)C(Cc1cc(C(C)=N)ccc1O)C1CCCN1C(=O)c1ccc(-c2ccc(=O)[nH]c2)cc1. The molecule has 1 amide bonds. The van der Waals surface area contributed by atoms with E-state index in [0.29, 0.717) is 35.4 Å². The fourth-order valence-electron chi connectivity index (χ4n) is 4.77. The summed E-state index contributed by atoms with van der Waals surface area (Å²) in [6.07, 6.45) is 3.22. The summed E-state index contributed by atoms with van der Waals surface area (Å²) in [6.45, 7) is 2.18. The number of H-pyrrole nitrogens is 1. The van der Waals surface area contributed by atoms with Crippen molar-refractivity contribution >= 4 is 17.6 Å². The number of pyridine rings is 1. The molecule has 1 saturated heterocycles. The Bertz CT molecular complexity index is 1330. The molecule has 2 atom stereocenters. The lowest BCUT2D eigenvalue weighted by molar-refractivity contribution is -0.147. The zero-order valence-corrected chi connectivity index (χ0v) is 20.3. The maximum Gasteiger partial charge on any atom is 0.311 e. The number of amides is 1.